The first kappa shape index (κ1) is 9.67. The van der Waals surface area contributed by atoms with Gasteiger partial charge in [0.2, 0.25) is 0 Å². The van der Waals surface area contributed by atoms with Crippen LogP contribution in [0.3, 0.4) is 0 Å². The lowest BCUT2D eigenvalue weighted by Gasteiger charge is -2.07. The molecular formula is C9H8ClN3O2. The molecule has 0 saturated carbocycles. The van der Waals surface area contributed by atoms with Gasteiger partial charge in [0.05, 0.1) is 16.8 Å². The van der Waals surface area contributed by atoms with Gasteiger partial charge in [0.25, 0.3) is 0 Å². The van der Waals surface area contributed by atoms with Gasteiger partial charge in [0, 0.05) is 5.56 Å². The maximum atomic E-state index is 9.64. The number of nitrogens with two attached hydrogens (primary N) is 1. The van der Waals surface area contributed by atoms with Gasteiger partial charge in [0.1, 0.15) is 5.82 Å². The van der Waals surface area contributed by atoms with Crippen molar-refractivity contribution in [2.45, 2.75) is 0 Å². The Morgan fingerprint density at radius 3 is 2.67 bits per heavy atom. The number of aromatic nitrogens is 2. The first-order valence-corrected chi connectivity index (χ1v) is 4.48. The molecule has 0 unspecified atom stereocenters. The van der Waals surface area contributed by atoms with Crippen LogP contribution in [-0.4, -0.2) is 20.4 Å². The lowest BCUT2D eigenvalue weighted by atomic mass is 10.1. The molecule has 5 N–H and O–H groups in total. The Kier molecular flexibility index (Phi) is 2.17. The number of anilines is 1. The van der Waals surface area contributed by atoms with Crippen LogP contribution in [0.15, 0.2) is 18.3 Å². The number of aromatic hydroxyl groups is 2. The van der Waals surface area contributed by atoms with Crippen molar-refractivity contribution >= 4 is 17.4 Å². The molecule has 0 aliphatic heterocycles. The Hall–Kier alpha value is -1.88. The van der Waals surface area contributed by atoms with E-state index in [0.717, 1.165) is 0 Å². The third-order valence-electron chi connectivity index (χ3n) is 2.04. The standard InChI is InChI=1S/C9H8ClN3O2/c10-5-1-2-6(14)8(15)7(5)4-3-12-13-9(4)11/h1-3,14-15H,(H3,11,12,13). The Morgan fingerprint density at radius 2 is 2.07 bits per heavy atom. The van der Waals surface area contributed by atoms with Crippen LogP contribution in [0.5, 0.6) is 11.5 Å². The molecule has 0 atom stereocenters. The number of benzene rings is 1. The van der Waals surface area contributed by atoms with Crippen LogP contribution in [-0.2, 0) is 0 Å². The van der Waals surface area contributed by atoms with E-state index in [0.29, 0.717) is 10.6 Å². The molecule has 1 aromatic heterocycles. The topological polar surface area (TPSA) is 95.2 Å². The summed E-state index contributed by atoms with van der Waals surface area (Å²) in [5.74, 6) is -0.289. The van der Waals surface area contributed by atoms with Crippen molar-refractivity contribution in [3.8, 4) is 22.6 Å². The summed E-state index contributed by atoms with van der Waals surface area (Å²) >= 11 is 5.90. The fourth-order valence-electron chi connectivity index (χ4n) is 1.31. The molecule has 2 rings (SSSR count). The molecule has 0 aliphatic rings. The molecule has 0 spiro atoms. The van der Waals surface area contributed by atoms with E-state index >= 15 is 0 Å². The second-order valence-corrected chi connectivity index (χ2v) is 3.39. The molecule has 2 aromatic rings. The maximum absolute atomic E-state index is 9.64. The summed E-state index contributed by atoms with van der Waals surface area (Å²) in [4.78, 5) is 0. The molecule has 0 amide bonds. The Bertz CT molecular complexity index is 510. The zero-order valence-electron chi connectivity index (χ0n) is 7.53. The summed E-state index contributed by atoms with van der Waals surface area (Å²) < 4.78 is 0. The minimum Gasteiger partial charge on any atom is -0.504 e. The van der Waals surface area contributed by atoms with Gasteiger partial charge in [-0.05, 0) is 12.1 Å². The van der Waals surface area contributed by atoms with Crippen molar-refractivity contribution in [3.05, 3.63) is 23.4 Å². The highest BCUT2D eigenvalue weighted by atomic mass is 35.5. The summed E-state index contributed by atoms with van der Waals surface area (Å²) in [6, 6.07) is 2.77. The summed E-state index contributed by atoms with van der Waals surface area (Å²) in [5, 5.41) is 25.5. The molecule has 5 nitrogen and oxygen atoms in total. The highest BCUT2D eigenvalue weighted by molar-refractivity contribution is 6.34. The third-order valence-corrected chi connectivity index (χ3v) is 2.36. The van der Waals surface area contributed by atoms with Crippen LogP contribution in [0.25, 0.3) is 11.1 Å². The van der Waals surface area contributed by atoms with Gasteiger partial charge in [-0.25, -0.2) is 0 Å². The number of hydrogen-bond donors (Lipinski definition) is 4. The predicted octanol–water partition coefficient (Wildman–Crippen LogP) is 1.72. The second-order valence-electron chi connectivity index (χ2n) is 2.99. The number of phenolic OH excluding ortho intramolecular Hbond substituents is 2. The first-order chi connectivity index (χ1) is 7.11. The van der Waals surface area contributed by atoms with Crippen molar-refractivity contribution in [3.63, 3.8) is 0 Å². The summed E-state index contributed by atoms with van der Waals surface area (Å²) in [6.07, 6.45) is 1.43. The molecular weight excluding hydrogens is 218 g/mol. The SMILES string of the molecule is Nc1[nH]ncc1-c1c(Cl)ccc(O)c1O. The van der Waals surface area contributed by atoms with Crippen molar-refractivity contribution in [1.29, 1.82) is 0 Å². The number of H-pyrrole nitrogens is 1. The van der Waals surface area contributed by atoms with E-state index in [-0.39, 0.29) is 22.9 Å². The fourth-order valence-corrected chi connectivity index (χ4v) is 1.56. The number of nitrogen functional groups attached to an aromatic ring is 1. The Morgan fingerprint density at radius 1 is 1.33 bits per heavy atom. The van der Waals surface area contributed by atoms with Crippen LogP contribution in [0, 0.1) is 0 Å². The van der Waals surface area contributed by atoms with E-state index < -0.39 is 0 Å². The molecule has 78 valence electrons. The molecule has 6 heteroatoms. The van der Waals surface area contributed by atoms with Gasteiger partial charge in [-0.2, -0.15) is 5.10 Å². The number of nitrogens with zero attached hydrogens (tertiary/aromatic N) is 1. The normalized spacial score (nSPS) is 10.5. The molecule has 1 aromatic carbocycles. The van der Waals surface area contributed by atoms with Crippen LogP contribution in [0.1, 0.15) is 0 Å². The lowest BCUT2D eigenvalue weighted by Crippen LogP contribution is -1.89. The highest BCUT2D eigenvalue weighted by Crippen LogP contribution is 2.42. The largest absolute Gasteiger partial charge is 0.504 e. The van der Waals surface area contributed by atoms with E-state index in [1.807, 2.05) is 0 Å². The van der Waals surface area contributed by atoms with Gasteiger partial charge in [0.15, 0.2) is 11.5 Å². The maximum Gasteiger partial charge on any atom is 0.167 e. The number of phenols is 2. The van der Waals surface area contributed by atoms with E-state index in [2.05, 4.69) is 10.2 Å². The molecule has 0 bridgehead atoms. The van der Waals surface area contributed by atoms with E-state index in [9.17, 15) is 10.2 Å². The average Bonchev–Trinajstić information content (AvgIpc) is 2.60. The minimum atomic E-state index is -0.310. The summed E-state index contributed by atoms with van der Waals surface area (Å²) in [7, 11) is 0. The zero-order chi connectivity index (χ0) is 11.0. The van der Waals surface area contributed by atoms with Crippen LogP contribution < -0.4 is 5.73 Å². The van der Waals surface area contributed by atoms with E-state index in [1.165, 1.54) is 18.3 Å². The number of aromatic amines is 1. The number of rotatable bonds is 1. The highest BCUT2D eigenvalue weighted by Gasteiger charge is 2.16. The van der Waals surface area contributed by atoms with Gasteiger partial charge in [-0.15, -0.1) is 0 Å². The smallest absolute Gasteiger partial charge is 0.167 e. The van der Waals surface area contributed by atoms with Crippen LogP contribution in [0.4, 0.5) is 5.82 Å². The molecule has 15 heavy (non-hydrogen) atoms. The van der Waals surface area contributed by atoms with Gasteiger partial charge < -0.3 is 15.9 Å². The summed E-state index contributed by atoms with van der Waals surface area (Å²) in [5.41, 5.74) is 6.31. The number of halogens is 1. The third kappa shape index (κ3) is 1.46. The molecule has 0 saturated heterocycles. The minimum absolute atomic E-state index is 0.255. The monoisotopic (exact) mass is 225 g/mol. The number of hydrogen-bond acceptors (Lipinski definition) is 4. The van der Waals surface area contributed by atoms with Gasteiger partial charge in [-0.1, -0.05) is 11.6 Å². The van der Waals surface area contributed by atoms with E-state index in [4.69, 9.17) is 17.3 Å². The quantitative estimate of drug-likeness (QED) is 0.556. The molecule has 0 aliphatic carbocycles. The Labute approximate surface area is 90.1 Å². The predicted molar refractivity (Wildman–Crippen MR) is 56.8 cm³/mol. The van der Waals surface area contributed by atoms with Crippen molar-refractivity contribution in [1.82, 2.24) is 10.2 Å². The average molecular weight is 226 g/mol. The van der Waals surface area contributed by atoms with Gasteiger partial charge >= 0.3 is 0 Å². The van der Waals surface area contributed by atoms with E-state index in [1.54, 1.807) is 0 Å². The van der Waals surface area contributed by atoms with Crippen LogP contribution >= 0.6 is 11.6 Å². The molecule has 0 radical (unpaired) electrons. The lowest BCUT2D eigenvalue weighted by molar-refractivity contribution is 0.405. The first-order valence-electron chi connectivity index (χ1n) is 4.11. The molecule has 1 heterocycles. The fraction of sp³-hybridized carbons (Fsp3) is 0. The zero-order valence-corrected chi connectivity index (χ0v) is 8.28. The van der Waals surface area contributed by atoms with Gasteiger partial charge in [-0.3, -0.25) is 5.10 Å². The Balaban J connectivity index is 2.72. The van der Waals surface area contributed by atoms with Crippen molar-refractivity contribution < 1.29 is 10.2 Å². The number of nitrogens with one attached hydrogen (secondary N) is 1. The van der Waals surface area contributed by atoms with Crippen molar-refractivity contribution in [2.24, 2.45) is 0 Å². The summed E-state index contributed by atoms with van der Waals surface area (Å²) in [6.45, 7) is 0. The molecule has 0 fully saturated rings. The second kappa shape index (κ2) is 3.36. The van der Waals surface area contributed by atoms with Crippen molar-refractivity contribution in [2.75, 3.05) is 5.73 Å². The van der Waals surface area contributed by atoms with Crippen LogP contribution in [0.2, 0.25) is 5.02 Å².